The second-order valence-corrected chi connectivity index (χ2v) is 11.9. The number of rotatable bonds is 4. The minimum Gasteiger partial charge on any atom is -0.308 e. The lowest BCUT2D eigenvalue weighted by Crippen LogP contribution is -2.05. The molecule has 0 spiro atoms. The predicted octanol–water partition coefficient (Wildman–Crippen LogP) is 11.0. The molecule has 7 aromatic carbocycles. The largest absolute Gasteiger partial charge is 0.308 e. The van der Waals surface area contributed by atoms with Crippen LogP contribution < -0.4 is 0 Å². The highest BCUT2D eigenvalue weighted by Crippen LogP contribution is 2.44. The highest BCUT2D eigenvalue weighted by Gasteiger charge is 2.24. The van der Waals surface area contributed by atoms with Gasteiger partial charge in [-0.1, -0.05) is 115 Å². The van der Waals surface area contributed by atoms with E-state index in [1.54, 1.807) is 0 Å². The monoisotopic (exact) mass is 610 g/mol. The van der Waals surface area contributed by atoms with E-state index < -0.39 is 0 Å². The molecule has 0 atom stereocenters. The van der Waals surface area contributed by atoms with Crippen molar-refractivity contribution in [2.24, 2.45) is 0 Å². The van der Waals surface area contributed by atoms with Gasteiger partial charge in [0.1, 0.15) is 6.07 Å². The molecule has 4 nitrogen and oxygen atoms in total. The van der Waals surface area contributed by atoms with Crippen LogP contribution in [0.15, 0.2) is 158 Å². The summed E-state index contributed by atoms with van der Waals surface area (Å²) in [6.07, 6.45) is 0. The molecule has 0 saturated carbocycles. The molecule has 0 saturated heterocycles. The molecule has 9 aromatic rings. The average Bonchev–Trinajstić information content (AvgIpc) is 3.67. The van der Waals surface area contributed by atoms with Gasteiger partial charge in [0.2, 0.25) is 0 Å². The van der Waals surface area contributed by atoms with Crippen LogP contribution in [0.2, 0.25) is 0 Å². The Morgan fingerprint density at radius 2 is 0.875 bits per heavy atom. The Hall–Kier alpha value is -6.88. The van der Waals surface area contributed by atoms with Crippen molar-refractivity contribution in [2.45, 2.75) is 0 Å². The van der Waals surface area contributed by atoms with Gasteiger partial charge in [-0.05, 0) is 48.0 Å². The normalized spacial score (nSPS) is 11.3. The van der Waals surface area contributed by atoms with Gasteiger partial charge in [-0.15, -0.1) is 0 Å². The summed E-state index contributed by atoms with van der Waals surface area (Å²) in [6, 6.07) is 59.0. The third-order valence-electron chi connectivity index (χ3n) is 9.40. The van der Waals surface area contributed by atoms with Gasteiger partial charge in [-0.2, -0.15) is 10.5 Å². The van der Waals surface area contributed by atoms with Crippen molar-refractivity contribution < 1.29 is 0 Å². The van der Waals surface area contributed by atoms with E-state index in [4.69, 9.17) is 0 Å². The molecule has 0 bridgehead atoms. The van der Waals surface area contributed by atoms with E-state index in [-0.39, 0.29) is 0 Å². The number of benzene rings is 7. The van der Waals surface area contributed by atoms with Gasteiger partial charge < -0.3 is 9.13 Å². The summed E-state index contributed by atoms with van der Waals surface area (Å²) >= 11 is 0. The van der Waals surface area contributed by atoms with Gasteiger partial charge in [-0.25, -0.2) is 0 Å². The fourth-order valence-corrected chi connectivity index (χ4v) is 7.39. The van der Waals surface area contributed by atoms with Crippen LogP contribution in [0.4, 0.5) is 0 Å². The van der Waals surface area contributed by atoms with Crippen LogP contribution in [0.5, 0.6) is 0 Å². The minimum atomic E-state index is 0.567. The number of fused-ring (bicyclic) bond motifs is 6. The second kappa shape index (κ2) is 10.9. The number of hydrogen-bond acceptors (Lipinski definition) is 2. The molecular weight excluding hydrogens is 585 g/mol. The summed E-state index contributed by atoms with van der Waals surface area (Å²) in [4.78, 5) is 0. The third-order valence-corrected chi connectivity index (χ3v) is 9.40. The third kappa shape index (κ3) is 4.01. The van der Waals surface area contributed by atoms with E-state index in [1.807, 2.05) is 48.5 Å². The summed E-state index contributed by atoms with van der Waals surface area (Å²) in [7, 11) is 0. The number of hydrogen-bond donors (Lipinski definition) is 0. The van der Waals surface area contributed by atoms with Crippen LogP contribution in [0.1, 0.15) is 11.1 Å². The molecule has 0 radical (unpaired) electrons. The maximum Gasteiger partial charge on any atom is 0.101 e. The fourth-order valence-electron chi connectivity index (χ4n) is 7.39. The lowest BCUT2D eigenvalue weighted by Gasteiger charge is -2.22. The highest BCUT2D eigenvalue weighted by atomic mass is 15.0. The fraction of sp³-hybridized carbons (Fsp3) is 0. The van der Waals surface area contributed by atoms with Gasteiger partial charge in [-0.3, -0.25) is 0 Å². The Labute approximate surface area is 277 Å². The summed E-state index contributed by atoms with van der Waals surface area (Å²) in [5.41, 5.74) is 11.3. The van der Waals surface area contributed by atoms with Crippen LogP contribution in [0.25, 0.3) is 77.2 Å². The van der Waals surface area contributed by atoms with Crippen molar-refractivity contribution in [1.82, 2.24) is 9.13 Å². The molecule has 0 N–H and O–H groups in total. The molecule has 4 heteroatoms. The molecular formula is C44H26N4. The smallest absolute Gasteiger partial charge is 0.101 e. The van der Waals surface area contributed by atoms with Gasteiger partial charge >= 0.3 is 0 Å². The van der Waals surface area contributed by atoms with Crippen molar-refractivity contribution >= 4 is 43.6 Å². The molecule has 0 aliphatic heterocycles. The number of nitrogens with zero attached hydrogens (tertiary/aromatic N) is 4. The van der Waals surface area contributed by atoms with Crippen LogP contribution in [0.3, 0.4) is 0 Å². The van der Waals surface area contributed by atoms with E-state index in [9.17, 15) is 10.5 Å². The van der Waals surface area contributed by atoms with Crippen LogP contribution in [-0.2, 0) is 0 Å². The molecule has 0 fully saturated rings. The van der Waals surface area contributed by atoms with Crippen molar-refractivity contribution in [3.05, 3.63) is 169 Å². The first kappa shape index (κ1) is 27.4. The van der Waals surface area contributed by atoms with Crippen molar-refractivity contribution in [3.63, 3.8) is 0 Å². The maximum absolute atomic E-state index is 10.7. The number of nitriles is 2. The van der Waals surface area contributed by atoms with Crippen molar-refractivity contribution in [1.29, 1.82) is 10.5 Å². The molecule has 0 unspecified atom stereocenters. The lowest BCUT2D eigenvalue weighted by molar-refractivity contribution is 1.15. The molecule has 222 valence electrons. The standard InChI is InChI=1S/C44H26N4/c45-27-29-24-25-42-38(26-29)35-17-6-9-23-41(35)47(42)43-31(28-46)14-10-19-36(43)37-20-11-18-32(30-12-2-1-3-13-30)44(37)48-39-21-7-4-15-33(39)34-16-5-8-22-40(34)48/h1-26H. The molecule has 9 rings (SSSR count). The van der Waals surface area contributed by atoms with E-state index in [0.29, 0.717) is 11.1 Å². The predicted molar refractivity (Wildman–Crippen MR) is 195 cm³/mol. The Kier molecular flexibility index (Phi) is 6.22. The molecule has 2 heterocycles. The van der Waals surface area contributed by atoms with Crippen molar-refractivity contribution in [2.75, 3.05) is 0 Å². The molecule has 0 aliphatic rings. The summed E-state index contributed by atoms with van der Waals surface area (Å²) in [6.45, 7) is 0. The molecule has 48 heavy (non-hydrogen) atoms. The summed E-state index contributed by atoms with van der Waals surface area (Å²) in [5.74, 6) is 0. The first-order valence-electron chi connectivity index (χ1n) is 15.9. The number of para-hydroxylation sites is 5. The quantitative estimate of drug-likeness (QED) is 0.199. The van der Waals surface area contributed by atoms with Crippen molar-refractivity contribution in [3.8, 4) is 45.8 Å². The van der Waals surface area contributed by atoms with E-state index >= 15 is 0 Å². The van der Waals surface area contributed by atoms with Gasteiger partial charge in [0.25, 0.3) is 0 Å². The maximum atomic E-state index is 10.7. The molecule has 0 amide bonds. The molecule has 2 aromatic heterocycles. The topological polar surface area (TPSA) is 57.4 Å². The first-order valence-corrected chi connectivity index (χ1v) is 15.9. The van der Waals surface area contributed by atoms with Gasteiger partial charge in [0.05, 0.1) is 50.6 Å². The molecule has 0 aliphatic carbocycles. The minimum absolute atomic E-state index is 0.567. The van der Waals surface area contributed by atoms with Crippen LogP contribution in [-0.4, -0.2) is 9.13 Å². The second-order valence-electron chi connectivity index (χ2n) is 11.9. The Bertz CT molecular complexity index is 2750. The number of aromatic nitrogens is 2. The Morgan fingerprint density at radius 1 is 0.375 bits per heavy atom. The van der Waals surface area contributed by atoms with Gasteiger partial charge in [0, 0.05) is 38.2 Å². The van der Waals surface area contributed by atoms with Crippen LogP contribution >= 0.6 is 0 Å². The Balaban J connectivity index is 1.46. The first-order chi connectivity index (χ1) is 23.8. The zero-order valence-corrected chi connectivity index (χ0v) is 25.8. The lowest BCUT2D eigenvalue weighted by atomic mass is 9.93. The zero-order chi connectivity index (χ0) is 32.2. The Morgan fingerprint density at radius 3 is 1.50 bits per heavy atom. The average molecular weight is 611 g/mol. The van der Waals surface area contributed by atoms with E-state index in [2.05, 4.69) is 130 Å². The van der Waals surface area contributed by atoms with E-state index in [1.165, 1.54) is 10.8 Å². The van der Waals surface area contributed by atoms with Crippen LogP contribution in [0, 0.1) is 22.7 Å². The highest BCUT2D eigenvalue weighted by molar-refractivity contribution is 6.12. The van der Waals surface area contributed by atoms with E-state index in [0.717, 1.165) is 66.5 Å². The SMILES string of the molecule is N#Cc1ccc2c(c1)c1ccccc1n2-c1c(C#N)cccc1-c1cccc(-c2ccccc2)c1-n1c2ccccc2c2ccccc21. The summed E-state index contributed by atoms with van der Waals surface area (Å²) in [5, 5.41) is 24.8. The van der Waals surface area contributed by atoms with Gasteiger partial charge in [0.15, 0.2) is 0 Å². The zero-order valence-electron chi connectivity index (χ0n) is 25.8. The summed E-state index contributed by atoms with van der Waals surface area (Å²) < 4.78 is 4.58.